The number of tetrazole rings is 1. The molecule has 184 valence electrons. The van der Waals surface area contributed by atoms with Crippen LogP contribution in [0, 0.1) is 0 Å². The van der Waals surface area contributed by atoms with Crippen LogP contribution in [0.4, 0.5) is 17.5 Å². The minimum absolute atomic E-state index is 0.198. The summed E-state index contributed by atoms with van der Waals surface area (Å²) in [7, 11) is 1.85. The lowest BCUT2D eigenvalue weighted by atomic mass is 10.0. The Labute approximate surface area is 206 Å². The van der Waals surface area contributed by atoms with E-state index in [-0.39, 0.29) is 11.9 Å². The number of nitrogens with zero attached hydrogens (tertiary/aromatic N) is 8. The van der Waals surface area contributed by atoms with Crippen LogP contribution >= 0.6 is 0 Å². The van der Waals surface area contributed by atoms with Crippen molar-refractivity contribution in [3.63, 3.8) is 0 Å². The summed E-state index contributed by atoms with van der Waals surface area (Å²) in [6.45, 7) is 6.82. The van der Waals surface area contributed by atoms with Crippen LogP contribution in [-0.4, -0.2) is 74.6 Å². The Morgan fingerprint density at radius 3 is 2.86 bits per heavy atom. The SMILES string of the molecule is CC1=C(C(=O)Nc2ccc3[nH]nc(-c4ccnc(N5CCOCC5)c4)c3c2)[C@@H](C)n2nnnc2N1C. The number of hydrogen-bond acceptors (Lipinski definition) is 9. The average molecular weight is 487 g/mol. The predicted molar refractivity (Wildman–Crippen MR) is 135 cm³/mol. The molecule has 2 aliphatic rings. The van der Waals surface area contributed by atoms with Crippen molar-refractivity contribution in [3.05, 3.63) is 47.8 Å². The van der Waals surface area contributed by atoms with Crippen LogP contribution in [-0.2, 0) is 9.53 Å². The quantitative estimate of drug-likeness (QED) is 0.446. The van der Waals surface area contributed by atoms with E-state index in [1.54, 1.807) is 10.9 Å². The molecular weight excluding hydrogens is 460 g/mol. The highest BCUT2D eigenvalue weighted by molar-refractivity contribution is 6.07. The molecule has 12 nitrogen and oxygen atoms in total. The molecule has 1 fully saturated rings. The van der Waals surface area contributed by atoms with E-state index in [0.717, 1.165) is 46.8 Å². The number of hydrogen-bond donors (Lipinski definition) is 2. The molecule has 0 aliphatic carbocycles. The van der Waals surface area contributed by atoms with Crippen LogP contribution < -0.4 is 15.1 Å². The third kappa shape index (κ3) is 3.66. The second-order valence-corrected chi connectivity index (χ2v) is 8.95. The summed E-state index contributed by atoms with van der Waals surface area (Å²) >= 11 is 0. The van der Waals surface area contributed by atoms with Gasteiger partial charge in [-0.3, -0.25) is 9.89 Å². The summed E-state index contributed by atoms with van der Waals surface area (Å²) in [6, 6.07) is 9.42. The number of carbonyl (C=O) groups excluding carboxylic acids is 1. The fourth-order valence-corrected chi connectivity index (χ4v) is 4.81. The number of rotatable bonds is 4. The maximum Gasteiger partial charge on any atom is 0.255 e. The molecule has 0 bridgehead atoms. The lowest BCUT2D eigenvalue weighted by Gasteiger charge is -2.30. The molecule has 6 rings (SSSR count). The molecule has 0 spiro atoms. The Balaban J connectivity index is 1.30. The third-order valence-electron chi connectivity index (χ3n) is 6.87. The number of H-pyrrole nitrogens is 1. The van der Waals surface area contributed by atoms with Gasteiger partial charge >= 0.3 is 0 Å². The van der Waals surface area contributed by atoms with E-state index >= 15 is 0 Å². The normalized spacial score (nSPS) is 18.0. The Hall–Kier alpha value is -4.32. The van der Waals surface area contributed by atoms with Crippen molar-refractivity contribution in [1.29, 1.82) is 0 Å². The first-order valence-corrected chi connectivity index (χ1v) is 11.8. The zero-order valence-electron chi connectivity index (χ0n) is 20.3. The van der Waals surface area contributed by atoms with Crippen LogP contribution in [0.1, 0.15) is 19.9 Å². The molecule has 2 aliphatic heterocycles. The fraction of sp³-hybridized carbons (Fsp3) is 0.333. The third-order valence-corrected chi connectivity index (χ3v) is 6.87. The number of anilines is 3. The van der Waals surface area contributed by atoms with Crippen molar-refractivity contribution in [2.75, 3.05) is 48.5 Å². The van der Waals surface area contributed by atoms with Crippen LogP contribution in [0.3, 0.4) is 0 Å². The van der Waals surface area contributed by atoms with Crippen LogP contribution in [0.25, 0.3) is 22.2 Å². The number of pyridine rings is 1. The van der Waals surface area contributed by atoms with E-state index in [1.165, 1.54) is 0 Å². The number of nitrogens with one attached hydrogen (secondary N) is 2. The number of morpholine rings is 1. The van der Waals surface area contributed by atoms with E-state index in [4.69, 9.17) is 4.74 Å². The minimum Gasteiger partial charge on any atom is -0.378 e. The first kappa shape index (κ1) is 22.2. The van der Waals surface area contributed by atoms with Crippen molar-refractivity contribution in [2.45, 2.75) is 19.9 Å². The van der Waals surface area contributed by atoms with E-state index in [1.807, 2.05) is 56.1 Å². The molecule has 5 heterocycles. The summed E-state index contributed by atoms with van der Waals surface area (Å²) in [5, 5.41) is 23.5. The predicted octanol–water partition coefficient (Wildman–Crippen LogP) is 2.37. The van der Waals surface area contributed by atoms with Crippen molar-refractivity contribution < 1.29 is 9.53 Å². The molecule has 1 aromatic carbocycles. The Morgan fingerprint density at radius 1 is 1.19 bits per heavy atom. The summed E-state index contributed by atoms with van der Waals surface area (Å²) in [4.78, 5) is 22.0. The number of benzene rings is 1. The van der Waals surface area contributed by atoms with Gasteiger partial charge in [0.15, 0.2) is 0 Å². The zero-order valence-corrected chi connectivity index (χ0v) is 20.3. The molecule has 0 saturated carbocycles. The number of ether oxygens (including phenoxy) is 1. The number of fused-ring (bicyclic) bond motifs is 2. The van der Waals surface area contributed by atoms with Gasteiger partial charge < -0.3 is 19.9 Å². The van der Waals surface area contributed by atoms with Gasteiger partial charge in [0, 0.05) is 48.7 Å². The molecular formula is C24H26N10O2. The van der Waals surface area contributed by atoms with E-state index < -0.39 is 0 Å². The second-order valence-electron chi connectivity index (χ2n) is 8.95. The highest BCUT2D eigenvalue weighted by Gasteiger charge is 2.32. The molecule has 4 aromatic rings. The molecule has 1 amide bonds. The second kappa shape index (κ2) is 8.72. The number of aromatic amines is 1. The van der Waals surface area contributed by atoms with Crippen LogP contribution in [0.5, 0.6) is 0 Å². The van der Waals surface area contributed by atoms with Gasteiger partial charge in [-0.1, -0.05) is 5.10 Å². The Bertz CT molecular complexity index is 1480. The zero-order chi connectivity index (χ0) is 24.8. The topological polar surface area (TPSA) is 130 Å². The molecule has 1 saturated heterocycles. The van der Waals surface area contributed by atoms with Crippen molar-refractivity contribution in [3.8, 4) is 11.3 Å². The molecule has 0 radical (unpaired) electrons. The van der Waals surface area contributed by atoms with Gasteiger partial charge in [0.1, 0.15) is 11.5 Å². The molecule has 36 heavy (non-hydrogen) atoms. The van der Waals surface area contributed by atoms with Crippen LogP contribution in [0.2, 0.25) is 0 Å². The van der Waals surface area contributed by atoms with E-state index in [9.17, 15) is 4.79 Å². The van der Waals surface area contributed by atoms with Crippen molar-refractivity contribution in [1.82, 2.24) is 35.4 Å². The van der Waals surface area contributed by atoms with Gasteiger partial charge in [-0.2, -0.15) is 5.10 Å². The van der Waals surface area contributed by atoms with Crippen LogP contribution in [0.15, 0.2) is 47.8 Å². The number of amides is 1. The Morgan fingerprint density at radius 2 is 2.03 bits per heavy atom. The molecule has 12 heteroatoms. The van der Waals surface area contributed by atoms with Gasteiger partial charge in [-0.25, -0.2) is 9.67 Å². The largest absolute Gasteiger partial charge is 0.378 e. The number of aromatic nitrogens is 7. The highest BCUT2D eigenvalue weighted by atomic mass is 16.5. The number of allylic oxidation sites excluding steroid dienone is 1. The smallest absolute Gasteiger partial charge is 0.255 e. The van der Waals surface area contributed by atoms with Crippen molar-refractivity contribution >= 4 is 34.3 Å². The van der Waals surface area contributed by atoms with E-state index in [2.05, 4.69) is 40.9 Å². The first-order valence-electron chi connectivity index (χ1n) is 11.8. The number of carbonyl (C=O) groups is 1. The molecule has 2 N–H and O–H groups in total. The van der Waals surface area contributed by atoms with Gasteiger partial charge in [0.05, 0.1) is 30.3 Å². The lowest BCUT2D eigenvalue weighted by molar-refractivity contribution is -0.113. The minimum atomic E-state index is -0.296. The summed E-state index contributed by atoms with van der Waals surface area (Å²) < 4.78 is 7.11. The Kier molecular flexibility index (Phi) is 5.37. The highest BCUT2D eigenvalue weighted by Crippen LogP contribution is 2.34. The van der Waals surface area contributed by atoms with Gasteiger partial charge in [0.25, 0.3) is 5.91 Å². The summed E-state index contributed by atoms with van der Waals surface area (Å²) in [6.07, 6.45) is 1.80. The first-order chi connectivity index (χ1) is 17.5. The fourth-order valence-electron chi connectivity index (χ4n) is 4.81. The van der Waals surface area contributed by atoms with E-state index in [0.29, 0.717) is 30.4 Å². The summed E-state index contributed by atoms with van der Waals surface area (Å²) in [5.41, 5.74) is 4.72. The molecule has 3 aromatic heterocycles. The maximum atomic E-state index is 13.4. The van der Waals surface area contributed by atoms with Gasteiger partial charge in [-0.05, 0) is 54.6 Å². The summed E-state index contributed by atoms with van der Waals surface area (Å²) in [5.74, 6) is 1.31. The van der Waals surface area contributed by atoms with Gasteiger partial charge in [-0.15, -0.1) is 0 Å². The van der Waals surface area contributed by atoms with Gasteiger partial charge in [0.2, 0.25) is 5.95 Å². The average Bonchev–Trinajstić information content (AvgIpc) is 3.56. The lowest BCUT2D eigenvalue weighted by Crippen LogP contribution is -2.36. The molecule has 0 unspecified atom stereocenters. The monoisotopic (exact) mass is 486 g/mol. The van der Waals surface area contributed by atoms with Crippen molar-refractivity contribution in [2.24, 2.45) is 0 Å². The standard InChI is InChI=1S/C24H26N10O2/c1-14-21(15(2)34-24(32(14)3)29-30-31-34)23(35)26-17-4-5-19-18(13-17)22(28-27-19)16-6-7-25-20(12-16)33-8-10-36-11-9-33/h4-7,12-13,15H,8-11H2,1-3H3,(H,26,35)(H,27,28)/t15-/m1/s1. The maximum absolute atomic E-state index is 13.4. The molecule has 1 atom stereocenters.